The summed E-state index contributed by atoms with van der Waals surface area (Å²) in [6, 6.07) is 12.8. The quantitative estimate of drug-likeness (QED) is 0.734. The molecule has 2 aliphatic rings. The minimum Gasteiger partial charge on any atom is -0.484 e. The summed E-state index contributed by atoms with van der Waals surface area (Å²) in [5, 5.41) is 0. The highest BCUT2D eigenvalue weighted by Crippen LogP contribution is 2.23. The summed E-state index contributed by atoms with van der Waals surface area (Å²) in [4.78, 5) is 33.3. The molecule has 30 heavy (non-hydrogen) atoms. The van der Waals surface area contributed by atoms with Crippen LogP contribution in [0.5, 0.6) is 11.6 Å². The van der Waals surface area contributed by atoms with Crippen LogP contribution in [-0.4, -0.2) is 65.5 Å². The van der Waals surface area contributed by atoms with E-state index in [-0.39, 0.29) is 24.5 Å². The van der Waals surface area contributed by atoms with Crippen LogP contribution in [0.15, 0.2) is 48.7 Å². The molecule has 0 radical (unpaired) electrons. The van der Waals surface area contributed by atoms with Gasteiger partial charge in [0.25, 0.3) is 11.8 Å². The average molecular weight is 409 g/mol. The van der Waals surface area contributed by atoms with Crippen LogP contribution in [0.3, 0.4) is 0 Å². The van der Waals surface area contributed by atoms with Crippen molar-refractivity contribution in [1.82, 2.24) is 14.8 Å². The van der Waals surface area contributed by atoms with Crippen molar-refractivity contribution in [1.29, 1.82) is 0 Å². The first kappa shape index (κ1) is 20.2. The highest BCUT2D eigenvalue weighted by Gasteiger charge is 2.30. The number of hydrogen-bond donors (Lipinski definition) is 0. The van der Waals surface area contributed by atoms with Gasteiger partial charge in [-0.1, -0.05) is 18.2 Å². The first-order chi connectivity index (χ1) is 14.7. The number of ether oxygens (including phenoxy) is 2. The van der Waals surface area contributed by atoms with Crippen molar-refractivity contribution in [3.8, 4) is 11.6 Å². The van der Waals surface area contributed by atoms with Crippen molar-refractivity contribution >= 4 is 11.8 Å². The Morgan fingerprint density at radius 1 is 0.967 bits per heavy atom. The maximum absolute atomic E-state index is 12.9. The van der Waals surface area contributed by atoms with Crippen LogP contribution >= 0.6 is 0 Å². The molecular formula is C23H27N3O4. The van der Waals surface area contributed by atoms with Gasteiger partial charge in [0.2, 0.25) is 5.88 Å². The van der Waals surface area contributed by atoms with Gasteiger partial charge in [0.05, 0.1) is 6.54 Å². The molecule has 1 aromatic carbocycles. The fourth-order valence-corrected chi connectivity index (χ4v) is 3.88. The molecule has 0 saturated carbocycles. The van der Waals surface area contributed by atoms with Crippen LogP contribution in [0.1, 0.15) is 36.0 Å². The highest BCUT2D eigenvalue weighted by molar-refractivity contribution is 5.96. The molecule has 2 aliphatic heterocycles. The fraction of sp³-hybridized carbons (Fsp3) is 0.435. The van der Waals surface area contributed by atoms with Gasteiger partial charge in [-0.3, -0.25) is 9.59 Å². The first-order valence-corrected chi connectivity index (χ1v) is 10.6. The summed E-state index contributed by atoms with van der Waals surface area (Å²) in [5.74, 6) is 0.927. The van der Waals surface area contributed by atoms with E-state index in [0.29, 0.717) is 36.7 Å². The molecule has 158 valence electrons. The average Bonchev–Trinajstić information content (AvgIpc) is 3.27. The van der Waals surface area contributed by atoms with Gasteiger partial charge >= 0.3 is 0 Å². The van der Waals surface area contributed by atoms with E-state index in [0.717, 1.165) is 25.9 Å². The normalized spacial score (nSPS) is 18.9. The molecule has 1 atom stereocenters. The van der Waals surface area contributed by atoms with E-state index < -0.39 is 0 Å². The summed E-state index contributed by atoms with van der Waals surface area (Å²) in [6.07, 6.45) is 5.38. The molecule has 0 N–H and O–H groups in total. The zero-order valence-electron chi connectivity index (χ0n) is 17.0. The number of hydrogen-bond acceptors (Lipinski definition) is 5. The Labute approximate surface area is 176 Å². The molecule has 2 amide bonds. The predicted octanol–water partition coefficient (Wildman–Crippen LogP) is 2.77. The van der Waals surface area contributed by atoms with Crippen LogP contribution in [0.4, 0.5) is 0 Å². The lowest BCUT2D eigenvalue weighted by molar-refractivity contribution is -0.132. The van der Waals surface area contributed by atoms with Crippen molar-refractivity contribution in [2.24, 2.45) is 0 Å². The SMILES string of the molecule is O=C(COc1ccccc1)N1CCC(Oc2ncccc2C(=O)N2CCCCC2)C1. The van der Waals surface area contributed by atoms with E-state index in [4.69, 9.17) is 9.47 Å². The van der Waals surface area contributed by atoms with Crippen molar-refractivity contribution in [3.63, 3.8) is 0 Å². The van der Waals surface area contributed by atoms with E-state index in [1.54, 1.807) is 23.2 Å². The largest absolute Gasteiger partial charge is 0.484 e. The fourth-order valence-electron chi connectivity index (χ4n) is 3.88. The van der Waals surface area contributed by atoms with Gasteiger partial charge < -0.3 is 19.3 Å². The number of benzene rings is 1. The third-order valence-corrected chi connectivity index (χ3v) is 5.53. The molecule has 2 aromatic rings. The molecule has 1 unspecified atom stereocenters. The summed E-state index contributed by atoms with van der Waals surface area (Å²) in [6.45, 7) is 2.62. The Morgan fingerprint density at radius 3 is 2.57 bits per heavy atom. The maximum atomic E-state index is 12.9. The molecule has 1 aromatic heterocycles. The molecule has 0 aliphatic carbocycles. The van der Waals surface area contributed by atoms with Crippen LogP contribution in [0.25, 0.3) is 0 Å². The van der Waals surface area contributed by atoms with Gasteiger partial charge in [-0.2, -0.15) is 0 Å². The molecule has 0 spiro atoms. The van der Waals surface area contributed by atoms with E-state index in [9.17, 15) is 9.59 Å². The Hall–Kier alpha value is -3.09. The van der Waals surface area contributed by atoms with E-state index in [1.807, 2.05) is 35.2 Å². The number of pyridine rings is 1. The Kier molecular flexibility index (Phi) is 6.47. The van der Waals surface area contributed by atoms with Crippen LogP contribution < -0.4 is 9.47 Å². The van der Waals surface area contributed by atoms with Crippen molar-refractivity contribution < 1.29 is 19.1 Å². The standard InChI is InChI=1S/C23H27N3O4/c27-21(17-29-18-8-3-1-4-9-18)26-15-11-19(16-26)30-22-20(10-7-12-24-22)23(28)25-13-5-2-6-14-25/h1,3-4,7-10,12,19H,2,5-6,11,13-17H2. The molecular weight excluding hydrogens is 382 g/mol. The topological polar surface area (TPSA) is 72.0 Å². The zero-order valence-corrected chi connectivity index (χ0v) is 17.0. The van der Waals surface area contributed by atoms with Crippen molar-refractivity contribution in [2.45, 2.75) is 31.8 Å². The minimum atomic E-state index is -0.187. The van der Waals surface area contributed by atoms with Gasteiger partial charge in [-0.05, 0) is 43.5 Å². The second-order valence-electron chi connectivity index (χ2n) is 7.68. The number of amides is 2. The van der Waals surface area contributed by atoms with E-state index in [2.05, 4.69) is 4.98 Å². The first-order valence-electron chi connectivity index (χ1n) is 10.6. The number of rotatable bonds is 6. The maximum Gasteiger partial charge on any atom is 0.260 e. The zero-order chi connectivity index (χ0) is 20.8. The monoisotopic (exact) mass is 409 g/mol. The predicted molar refractivity (Wildman–Crippen MR) is 112 cm³/mol. The second kappa shape index (κ2) is 9.61. The Morgan fingerprint density at radius 2 is 1.77 bits per heavy atom. The lowest BCUT2D eigenvalue weighted by Crippen LogP contribution is -2.36. The van der Waals surface area contributed by atoms with E-state index in [1.165, 1.54) is 6.42 Å². The molecule has 7 heteroatoms. The van der Waals surface area contributed by atoms with Crippen molar-refractivity contribution in [2.75, 3.05) is 32.8 Å². The highest BCUT2D eigenvalue weighted by atomic mass is 16.5. The molecule has 7 nitrogen and oxygen atoms in total. The van der Waals surface area contributed by atoms with Gasteiger partial charge in [-0.25, -0.2) is 4.98 Å². The van der Waals surface area contributed by atoms with Crippen LogP contribution in [0, 0.1) is 0 Å². The minimum absolute atomic E-state index is 0.000976. The molecule has 3 heterocycles. The summed E-state index contributed by atoms with van der Waals surface area (Å²) >= 11 is 0. The lowest BCUT2D eigenvalue weighted by atomic mass is 10.1. The number of carbonyl (C=O) groups excluding carboxylic acids is 2. The number of para-hydroxylation sites is 1. The number of likely N-dealkylation sites (tertiary alicyclic amines) is 2. The molecule has 4 rings (SSSR count). The molecule has 2 fully saturated rings. The van der Waals surface area contributed by atoms with Gasteiger partial charge in [0.1, 0.15) is 17.4 Å². The number of carbonyl (C=O) groups is 2. The van der Waals surface area contributed by atoms with Crippen LogP contribution in [0.2, 0.25) is 0 Å². The van der Waals surface area contributed by atoms with Crippen LogP contribution in [-0.2, 0) is 4.79 Å². The number of nitrogens with zero attached hydrogens (tertiary/aromatic N) is 3. The summed E-state index contributed by atoms with van der Waals surface area (Å²) in [7, 11) is 0. The smallest absolute Gasteiger partial charge is 0.260 e. The van der Waals surface area contributed by atoms with Crippen molar-refractivity contribution in [3.05, 3.63) is 54.2 Å². The van der Waals surface area contributed by atoms with Gasteiger partial charge in [0, 0.05) is 32.3 Å². The van der Waals surface area contributed by atoms with Gasteiger partial charge in [0.15, 0.2) is 6.61 Å². The number of piperidine rings is 1. The lowest BCUT2D eigenvalue weighted by Gasteiger charge is -2.27. The Balaban J connectivity index is 1.33. The second-order valence-corrected chi connectivity index (χ2v) is 7.68. The summed E-state index contributed by atoms with van der Waals surface area (Å²) < 4.78 is 11.6. The molecule has 0 bridgehead atoms. The third-order valence-electron chi connectivity index (χ3n) is 5.53. The summed E-state index contributed by atoms with van der Waals surface area (Å²) in [5.41, 5.74) is 0.497. The third kappa shape index (κ3) is 4.90. The Bertz CT molecular complexity index is 868. The number of aromatic nitrogens is 1. The van der Waals surface area contributed by atoms with E-state index >= 15 is 0 Å². The van der Waals surface area contributed by atoms with Gasteiger partial charge in [-0.15, -0.1) is 0 Å². The molecule has 2 saturated heterocycles.